The van der Waals surface area contributed by atoms with Gasteiger partial charge in [0.05, 0.1) is 11.4 Å². The predicted molar refractivity (Wildman–Crippen MR) is 126 cm³/mol. The minimum atomic E-state index is 0.0158. The van der Waals surface area contributed by atoms with Gasteiger partial charge in [-0.2, -0.15) is 0 Å². The highest BCUT2D eigenvalue weighted by molar-refractivity contribution is 9.10. The third-order valence-corrected chi connectivity index (χ3v) is 6.58. The molecule has 0 saturated carbocycles. The quantitative estimate of drug-likeness (QED) is 0.511. The van der Waals surface area contributed by atoms with E-state index in [1.165, 1.54) is 22.9 Å². The van der Waals surface area contributed by atoms with Gasteiger partial charge in [-0.25, -0.2) is 4.99 Å². The van der Waals surface area contributed by atoms with E-state index < -0.39 is 0 Å². The molecule has 4 nitrogen and oxygen atoms in total. The number of hydrogen-bond acceptors (Lipinski definition) is 4. The molecule has 0 aromatic heterocycles. The van der Waals surface area contributed by atoms with Crippen LogP contribution in [0.25, 0.3) is 6.08 Å². The molecular formula is C23H22BrN3OS. The summed E-state index contributed by atoms with van der Waals surface area (Å²) in [5, 5.41) is 0.724. The van der Waals surface area contributed by atoms with E-state index in [-0.39, 0.29) is 5.91 Å². The minimum absolute atomic E-state index is 0.0158. The van der Waals surface area contributed by atoms with Crippen LogP contribution in [0.5, 0.6) is 0 Å². The van der Waals surface area contributed by atoms with Crippen LogP contribution >= 0.6 is 27.7 Å². The molecule has 4 rings (SSSR count). The standard InChI is InChI=1S/C23H22BrN3OS/c1-4-26-19-12-6-15(3)14-16(19)7-13-20(26)21-22(28)27(5-2)23(29-21)25-18-10-8-17(24)9-11-18/h6-14H,4-5H2,1-3H3/b21-20-,25-23?. The van der Waals surface area contributed by atoms with Crippen LogP contribution in [0.3, 0.4) is 0 Å². The summed E-state index contributed by atoms with van der Waals surface area (Å²) in [5.41, 5.74) is 5.33. The van der Waals surface area contributed by atoms with Crippen molar-refractivity contribution in [3.63, 3.8) is 0 Å². The first-order chi connectivity index (χ1) is 14.0. The highest BCUT2D eigenvalue weighted by Crippen LogP contribution is 2.40. The molecule has 2 aromatic carbocycles. The molecule has 29 heavy (non-hydrogen) atoms. The Balaban J connectivity index is 1.76. The smallest absolute Gasteiger partial charge is 0.268 e. The number of aryl methyl sites for hydroxylation is 1. The number of carbonyl (C=O) groups excluding carboxylic acids is 1. The molecule has 0 aliphatic carbocycles. The van der Waals surface area contributed by atoms with Gasteiger partial charge in [-0.3, -0.25) is 9.69 Å². The number of nitrogens with zero attached hydrogens (tertiary/aromatic N) is 3. The third kappa shape index (κ3) is 3.79. The van der Waals surface area contributed by atoms with Crippen molar-refractivity contribution >= 4 is 56.2 Å². The van der Waals surface area contributed by atoms with E-state index in [1.54, 1.807) is 4.90 Å². The Hall–Kier alpha value is -2.31. The van der Waals surface area contributed by atoms with Crippen LogP contribution in [0.15, 0.2) is 68.6 Å². The summed E-state index contributed by atoms with van der Waals surface area (Å²) >= 11 is 4.90. The predicted octanol–water partition coefficient (Wildman–Crippen LogP) is 6.11. The van der Waals surface area contributed by atoms with Gasteiger partial charge in [0.15, 0.2) is 5.17 Å². The monoisotopic (exact) mass is 467 g/mol. The number of fused-ring (bicyclic) bond motifs is 1. The zero-order chi connectivity index (χ0) is 20.5. The summed E-state index contributed by atoms with van der Waals surface area (Å²) in [5.74, 6) is 0.0158. The number of amides is 1. The summed E-state index contributed by atoms with van der Waals surface area (Å²) < 4.78 is 1.01. The van der Waals surface area contributed by atoms with Crippen molar-refractivity contribution in [2.75, 3.05) is 18.0 Å². The van der Waals surface area contributed by atoms with Crippen LogP contribution in [-0.4, -0.2) is 29.1 Å². The second-order valence-corrected chi connectivity index (χ2v) is 8.77. The van der Waals surface area contributed by atoms with Crippen LogP contribution in [-0.2, 0) is 4.79 Å². The molecule has 2 heterocycles. The van der Waals surface area contributed by atoms with E-state index in [0.717, 1.165) is 38.2 Å². The summed E-state index contributed by atoms with van der Waals surface area (Å²) in [6.45, 7) is 7.57. The van der Waals surface area contributed by atoms with E-state index in [0.29, 0.717) is 6.54 Å². The van der Waals surface area contributed by atoms with E-state index in [9.17, 15) is 4.79 Å². The number of anilines is 1. The Morgan fingerprint density at radius 3 is 2.41 bits per heavy atom. The lowest BCUT2D eigenvalue weighted by Gasteiger charge is -2.30. The van der Waals surface area contributed by atoms with Crippen LogP contribution in [0, 0.1) is 6.92 Å². The Labute approximate surface area is 184 Å². The molecule has 0 spiro atoms. The van der Waals surface area contributed by atoms with E-state index in [4.69, 9.17) is 4.99 Å². The molecule has 148 valence electrons. The maximum absolute atomic E-state index is 13.2. The second-order valence-electron chi connectivity index (χ2n) is 6.88. The van der Waals surface area contributed by atoms with Crippen molar-refractivity contribution in [1.29, 1.82) is 0 Å². The fourth-order valence-electron chi connectivity index (χ4n) is 3.53. The van der Waals surface area contributed by atoms with Crippen molar-refractivity contribution in [3.8, 4) is 0 Å². The van der Waals surface area contributed by atoms with Crippen molar-refractivity contribution in [2.24, 2.45) is 4.99 Å². The Morgan fingerprint density at radius 2 is 1.72 bits per heavy atom. The number of thioether (sulfide) groups is 1. The Bertz CT molecular complexity index is 1060. The van der Waals surface area contributed by atoms with Gasteiger partial charge < -0.3 is 4.90 Å². The molecule has 0 radical (unpaired) electrons. The number of benzene rings is 2. The number of aliphatic imine (C=N–C) groups is 1. The first-order valence-electron chi connectivity index (χ1n) is 9.66. The van der Waals surface area contributed by atoms with Crippen LogP contribution in [0.1, 0.15) is 25.0 Å². The fraction of sp³-hybridized carbons (Fsp3) is 0.217. The topological polar surface area (TPSA) is 35.9 Å². The molecule has 1 saturated heterocycles. The van der Waals surface area contributed by atoms with E-state index in [1.807, 2.05) is 31.2 Å². The first-order valence-corrected chi connectivity index (χ1v) is 11.3. The summed E-state index contributed by atoms with van der Waals surface area (Å²) in [6.07, 6.45) is 4.16. The number of amidine groups is 1. The molecular weight excluding hydrogens is 446 g/mol. The molecule has 1 amide bonds. The lowest BCUT2D eigenvalue weighted by atomic mass is 10.0. The largest absolute Gasteiger partial charge is 0.340 e. The molecule has 0 N–H and O–H groups in total. The van der Waals surface area contributed by atoms with E-state index >= 15 is 0 Å². The SMILES string of the molecule is CCN1C(=O)/C(=C2\C=Cc3cc(C)ccc3N2CC)SC1=Nc1ccc(Br)cc1. The summed E-state index contributed by atoms with van der Waals surface area (Å²) in [6, 6.07) is 14.2. The van der Waals surface area contributed by atoms with Gasteiger partial charge >= 0.3 is 0 Å². The molecule has 0 unspecified atom stereocenters. The number of carbonyl (C=O) groups is 1. The van der Waals surface area contributed by atoms with Crippen molar-refractivity contribution in [1.82, 2.24) is 4.90 Å². The van der Waals surface area contributed by atoms with Crippen molar-refractivity contribution in [3.05, 3.63) is 74.7 Å². The fourth-order valence-corrected chi connectivity index (χ4v) is 4.93. The van der Waals surface area contributed by atoms with Gasteiger partial charge in [0, 0.05) is 23.2 Å². The Kier molecular flexibility index (Phi) is 5.65. The third-order valence-electron chi connectivity index (χ3n) is 4.97. The maximum Gasteiger partial charge on any atom is 0.268 e. The number of hydrogen-bond donors (Lipinski definition) is 0. The van der Waals surface area contributed by atoms with Gasteiger partial charge in [0.25, 0.3) is 5.91 Å². The van der Waals surface area contributed by atoms with Gasteiger partial charge in [-0.1, -0.05) is 33.6 Å². The summed E-state index contributed by atoms with van der Waals surface area (Å²) in [7, 11) is 0. The molecule has 2 aliphatic heterocycles. The van der Waals surface area contributed by atoms with Crippen LogP contribution in [0.2, 0.25) is 0 Å². The molecule has 1 fully saturated rings. The molecule has 2 aliphatic rings. The average molecular weight is 468 g/mol. The zero-order valence-electron chi connectivity index (χ0n) is 16.6. The lowest BCUT2D eigenvalue weighted by Crippen LogP contribution is -2.30. The summed E-state index contributed by atoms with van der Waals surface area (Å²) in [4.78, 5) is 22.7. The maximum atomic E-state index is 13.2. The molecule has 2 aromatic rings. The van der Waals surface area contributed by atoms with Crippen LogP contribution < -0.4 is 4.90 Å². The Morgan fingerprint density at radius 1 is 1.00 bits per heavy atom. The second kappa shape index (κ2) is 8.20. The molecule has 0 bridgehead atoms. The van der Waals surface area contributed by atoms with Crippen molar-refractivity contribution in [2.45, 2.75) is 20.8 Å². The average Bonchev–Trinajstić information content (AvgIpc) is 3.03. The molecule has 0 atom stereocenters. The molecule has 6 heteroatoms. The first kappa shape index (κ1) is 20.0. The van der Waals surface area contributed by atoms with Gasteiger partial charge in [0.1, 0.15) is 4.91 Å². The van der Waals surface area contributed by atoms with Gasteiger partial charge in [0.2, 0.25) is 0 Å². The lowest BCUT2D eigenvalue weighted by molar-refractivity contribution is -0.122. The highest BCUT2D eigenvalue weighted by atomic mass is 79.9. The number of halogens is 1. The highest BCUT2D eigenvalue weighted by Gasteiger charge is 2.36. The minimum Gasteiger partial charge on any atom is -0.340 e. The van der Waals surface area contributed by atoms with E-state index in [2.05, 4.69) is 65.0 Å². The van der Waals surface area contributed by atoms with Gasteiger partial charge in [-0.05, 0) is 80.6 Å². The van der Waals surface area contributed by atoms with Crippen LogP contribution in [0.4, 0.5) is 11.4 Å². The van der Waals surface area contributed by atoms with Crippen molar-refractivity contribution < 1.29 is 4.79 Å². The zero-order valence-corrected chi connectivity index (χ0v) is 19.0. The normalized spacial score (nSPS) is 20.0. The number of rotatable bonds is 3. The van der Waals surface area contributed by atoms with Gasteiger partial charge in [-0.15, -0.1) is 0 Å². The number of likely N-dealkylation sites (N-methyl/N-ethyl adjacent to an activating group) is 2. The number of allylic oxidation sites excluding steroid dienone is 1.